The average Bonchev–Trinajstić information content (AvgIpc) is 3.28. The summed E-state index contributed by atoms with van der Waals surface area (Å²) in [5.74, 6) is 0.0751. The van der Waals surface area contributed by atoms with Gasteiger partial charge in [-0.25, -0.2) is 4.98 Å². The van der Waals surface area contributed by atoms with Gasteiger partial charge in [0.25, 0.3) is 0 Å². The molecule has 1 unspecified atom stereocenters. The molecule has 1 aliphatic carbocycles. The standard InChI is InChI=1S/C25H26ClN3O2S2/c1-16(23(30)29-25-28-22(15-32-25)20-12-5-6-13-21(20)26)33-19-11-7-10-18(14-19)27-24(31)17-8-3-2-4-9-17/h5-7,10-17H,2-4,8-9H2,1H3,(H,27,31)(H,28,29,30). The Labute approximate surface area is 207 Å². The zero-order valence-electron chi connectivity index (χ0n) is 18.3. The van der Waals surface area contributed by atoms with Gasteiger partial charge < -0.3 is 10.6 Å². The van der Waals surface area contributed by atoms with Crippen LogP contribution in [0.25, 0.3) is 11.3 Å². The quantitative estimate of drug-likeness (QED) is 0.340. The lowest BCUT2D eigenvalue weighted by Crippen LogP contribution is -2.24. The minimum atomic E-state index is -0.332. The Balaban J connectivity index is 1.34. The number of aromatic nitrogens is 1. The molecular formula is C25H26ClN3O2S2. The number of nitrogens with zero attached hydrogens (tertiary/aromatic N) is 1. The van der Waals surface area contributed by atoms with Crippen molar-refractivity contribution < 1.29 is 9.59 Å². The van der Waals surface area contributed by atoms with Crippen LogP contribution in [0.1, 0.15) is 39.0 Å². The van der Waals surface area contributed by atoms with Gasteiger partial charge in [-0.1, -0.05) is 55.1 Å². The number of nitrogens with one attached hydrogen (secondary N) is 2. The van der Waals surface area contributed by atoms with Crippen LogP contribution in [-0.2, 0) is 9.59 Å². The van der Waals surface area contributed by atoms with E-state index in [4.69, 9.17) is 11.6 Å². The van der Waals surface area contributed by atoms with Crippen LogP contribution in [0.4, 0.5) is 10.8 Å². The molecule has 4 rings (SSSR count). The molecule has 8 heteroatoms. The van der Waals surface area contributed by atoms with Gasteiger partial charge >= 0.3 is 0 Å². The normalized spacial score (nSPS) is 15.1. The first-order valence-corrected chi connectivity index (χ1v) is 13.2. The van der Waals surface area contributed by atoms with Crippen LogP contribution in [0.2, 0.25) is 5.02 Å². The van der Waals surface area contributed by atoms with E-state index in [-0.39, 0.29) is 23.0 Å². The first-order valence-electron chi connectivity index (χ1n) is 11.1. The fourth-order valence-corrected chi connectivity index (χ4v) is 5.72. The van der Waals surface area contributed by atoms with Gasteiger partial charge in [0.05, 0.1) is 10.9 Å². The molecule has 0 spiro atoms. The molecule has 2 amide bonds. The molecule has 33 heavy (non-hydrogen) atoms. The average molecular weight is 500 g/mol. The van der Waals surface area contributed by atoms with Crippen molar-refractivity contribution in [3.63, 3.8) is 0 Å². The maximum Gasteiger partial charge on any atom is 0.239 e. The molecule has 172 valence electrons. The third-order valence-corrected chi connectivity index (χ3v) is 7.82. The van der Waals surface area contributed by atoms with Crippen LogP contribution in [0.5, 0.6) is 0 Å². The third-order valence-electron chi connectivity index (χ3n) is 5.64. The van der Waals surface area contributed by atoms with Crippen LogP contribution >= 0.6 is 34.7 Å². The fraction of sp³-hybridized carbons (Fsp3) is 0.320. The maximum absolute atomic E-state index is 12.7. The topological polar surface area (TPSA) is 71.1 Å². The highest BCUT2D eigenvalue weighted by Gasteiger charge is 2.21. The van der Waals surface area contributed by atoms with E-state index in [9.17, 15) is 9.59 Å². The first-order chi connectivity index (χ1) is 16.0. The van der Waals surface area contributed by atoms with Crippen molar-refractivity contribution in [2.45, 2.75) is 49.2 Å². The van der Waals surface area contributed by atoms with Crippen LogP contribution in [-0.4, -0.2) is 22.0 Å². The summed E-state index contributed by atoms with van der Waals surface area (Å²) >= 11 is 9.07. The lowest BCUT2D eigenvalue weighted by atomic mass is 9.88. The van der Waals surface area contributed by atoms with Crippen LogP contribution < -0.4 is 10.6 Å². The molecule has 1 saturated carbocycles. The Kier molecular flexibility index (Phi) is 8.06. The second-order valence-electron chi connectivity index (χ2n) is 8.12. The first kappa shape index (κ1) is 23.8. The summed E-state index contributed by atoms with van der Waals surface area (Å²) in [6.45, 7) is 1.86. The van der Waals surface area contributed by atoms with E-state index in [2.05, 4.69) is 15.6 Å². The minimum Gasteiger partial charge on any atom is -0.326 e. The van der Waals surface area contributed by atoms with E-state index < -0.39 is 0 Å². The summed E-state index contributed by atoms with van der Waals surface area (Å²) in [7, 11) is 0. The summed E-state index contributed by atoms with van der Waals surface area (Å²) in [5.41, 5.74) is 2.35. The molecule has 1 heterocycles. The van der Waals surface area contributed by atoms with Crippen molar-refractivity contribution in [3.05, 3.63) is 58.9 Å². The summed E-state index contributed by atoms with van der Waals surface area (Å²) in [4.78, 5) is 30.7. The van der Waals surface area contributed by atoms with Gasteiger partial charge in [-0.2, -0.15) is 0 Å². The summed E-state index contributed by atoms with van der Waals surface area (Å²) in [6, 6.07) is 15.2. The van der Waals surface area contributed by atoms with Gasteiger partial charge in [0.1, 0.15) is 0 Å². The summed E-state index contributed by atoms with van der Waals surface area (Å²) in [6.07, 6.45) is 5.40. The van der Waals surface area contributed by atoms with Crippen LogP contribution in [0.3, 0.4) is 0 Å². The van der Waals surface area contributed by atoms with E-state index >= 15 is 0 Å². The molecule has 2 N–H and O–H groups in total. The minimum absolute atomic E-state index is 0.0979. The lowest BCUT2D eigenvalue weighted by Gasteiger charge is -2.21. The zero-order chi connectivity index (χ0) is 23.2. The van der Waals surface area contributed by atoms with Crippen molar-refractivity contribution in [2.24, 2.45) is 5.92 Å². The predicted molar refractivity (Wildman–Crippen MR) is 138 cm³/mol. The molecule has 5 nitrogen and oxygen atoms in total. The third kappa shape index (κ3) is 6.37. The monoisotopic (exact) mass is 499 g/mol. The molecule has 0 radical (unpaired) electrons. The Morgan fingerprint density at radius 1 is 1.09 bits per heavy atom. The number of hydrogen-bond acceptors (Lipinski definition) is 5. The molecule has 1 fully saturated rings. The van der Waals surface area contributed by atoms with E-state index in [1.165, 1.54) is 29.5 Å². The van der Waals surface area contributed by atoms with Gasteiger partial charge in [0.15, 0.2) is 5.13 Å². The van der Waals surface area contributed by atoms with E-state index in [1.807, 2.05) is 60.8 Å². The van der Waals surface area contributed by atoms with Crippen molar-refractivity contribution in [1.82, 2.24) is 4.98 Å². The van der Waals surface area contributed by atoms with Crippen molar-refractivity contribution in [3.8, 4) is 11.3 Å². The number of thiazole rings is 1. The highest BCUT2D eigenvalue weighted by molar-refractivity contribution is 8.00. The van der Waals surface area contributed by atoms with Gasteiger partial charge in [-0.15, -0.1) is 23.1 Å². The molecule has 1 aromatic heterocycles. The Morgan fingerprint density at radius 2 is 1.88 bits per heavy atom. The molecule has 3 aromatic rings. The Hall–Kier alpha value is -2.35. The molecule has 2 aromatic carbocycles. The number of carbonyl (C=O) groups is 2. The van der Waals surface area contributed by atoms with Crippen LogP contribution in [0.15, 0.2) is 58.8 Å². The van der Waals surface area contributed by atoms with Gasteiger partial charge in [-0.3, -0.25) is 9.59 Å². The van der Waals surface area contributed by atoms with Gasteiger partial charge in [0.2, 0.25) is 11.8 Å². The lowest BCUT2D eigenvalue weighted by molar-refractivity contribution is -0.120. The van der Waals surface area contributed by atoms with Crippen molar-refractivity contribution in [2.75, 3.05) is 10.6 Å². The molecule has 1 aliphatic rings. The van der Waals surface area contributed by atoms with E-state index in [1.54, 1.807) is 0 Å². The number of hydrogen-bond donors (Lipinski definition) is 2. The number of thioether (sulfide) groups is 1. The summed E-state index contributed by atoms with van der Waals surface area (Å²) < 4.78 is 0. The predicted octanol–water partition coefficient (Wildman–Crippen LogP) is 7.10. The second kappa shape index (κ2) is 11.2. The second-order valence-corrected chi connectivity index (χ2v) is 10.8. The largest absolute Gasteiger partial charge is 0.326 e. The number of anilines is 2. The molecule has 0 saturated heterocycles. The van der Waals surface area contributed by atoms with Crippen molar-refractivity contribution in [1.29, 1.82) is 0 Å². The smallest absolute Gasteiger partial charge is 0.239 e. The van der Waals surface area contributed by atoms with Gasteiger partial charge in [-0.05, 0) is 44.0 Å². The molecule has 1 atom stereocenters. The summed E-state index contributed by atoms with van der Waals surface area (Å²) in [5, 5.41) is 8.65. The van der Waals surface area contributed by atoms with Crippen molar-refractivity contribution >= 4 is 57.3 Å². The fourth-order valence-electron chi connectivity index (χ4n) is 3.84. The zero-order valence-corrected chi connectivity index (χ0v) is 20.7. The van der Waals surface area contributed by atoms with Gasteiger partial charge in [0, 0.05) is 32.5 Å². The number of carbonyl (C=O) groups excluding carboxylic acids is 2. The highest BCUT2D eigenvalue weighted by Crippen LogP contribution is 2.32. The molecule has 0 bridgehead atoms. The van der Waals surface area contributed by atoms with E-state index in [0.717, 1.165) is 47.5 Å². The van der Waals surface area contributed by atoms with Crippen LogP contribution in [0, 0.1) is 5.92 Å². The number of benzene rings is 2. The number of halogens is 1. The Bertz CT molecular complexity index is 1130. The number of rotatable bonds is 7. The Morgan fingerprint density at radius 3 is 2.67 bits per heavy atom. The SMILES string of the molecule is CC(Sc1cccc(NC(=O)C2CCCCC2)c1)C(=O)Nc1nc(-c2ccccc2Cl)cs1. The maximum atomic E-state index is 12.7. The van der Waals surface area contributed by atoms with E-state index in [0.29, 0.717) is 10.2 Å². The molecular weight excluding hydrogens is 474 g/mol. The highest BCUT2D eigenvalue weighted by atomic mass is 35.5. The molecule has 0 aliphatic heterocycles. The number of amides is 2.